The zero-order chi connectivity index (χ0) is 13.8. The molecule has 104 valence electrons. The van der Waals surface area contributed by atoms with Gasteiger partial charge < -0.3 is 0 Å². The van der Waals surface area contributed by atoms with Gasteiger partial charge in [-0.2, -0.15) is 5.10 Å². The molecule has 0 amide bonds. The summed E-state index contributed by atoms with van der Waals surface area (Å²) in [4.78, 5) is 0. The summed E-state index contributed by atoms with van der Waals surface area (Å²) in [6.45, 7) is 5.15. The van der Waals surface area contributed by atoms with Crippen molar-refractivity contribution in [1.29, 1.82) is 0 Å². The highest BCUT2D eigenvalue weighted by atomic mass is 127. The molecule has 1 atom stereocenters. The predicted molar refractivity (Wildman–Crippen MR) is 88.1 cm³/mol. The molecule has 0 aliphatic carbocycles. The fraction of sp³-hybridized carbons (Fsp3) is 0.462. The molecule has 0 spiro atoms. The largest absolute Gasteiger partial charge is 0.271 e. The zero-order valence-corrected chi connectivity index (χ0v) is 14.2. The highest BCUT2D eigenvalue weighted by Crippen LogP contribution is 2.25. The molecule has 4 nitrogen and oxygen atoms in total. The van der Waals surface area contributed by atoms with Crippen molar-refractivity contribution < 1.29 is 0 Å². The van der Waals surface area contributed by atoms with Crippen LogP contribution in [0.15, 0.2) is 17.5 Å². The lowest BCUT2D eigenvalue weighted by Crippen LogP contribution is -2.30. The van der Waals surface area contributed by atoms with Gasteiger partial charge >= 0.3 is 0 Å². The second-order valence-electron chi connectivity index (χ2n) is 4.40. The van der Waals surface area contributed by atoms with Crippen LogP contribution in [0.2, 0.25) is 0 Å². The maximum atomic E-state index is 5.72. The Hall–Kier alpha value is -0.440. The summed E-state index contributed by atoms with van der Waals surface area (Å²) in [5.74, 6) is 5.72. The van der Waals surface area contributed by atoms with E-state index in [-0.39, 0.29) is 6.04 Å². The van der Waals surface area contributed by atoms with Crippen LogP contribution in [-0.2, 0) is 19.4 Å². The van der Waals surface area contributed by atoms with Crippen molar-refractivity contribution in [1.82, 2.24) is 15.2 Å². The number of nitrogens with two attached hydrogens (primary N) is 1. The molecule has 3 N–H and O–H groups in total. The molecule has 0 saturated carbocycles. The van der Waals surface area contributed by atoms with Crippen molar-refractivity contribution in [3.05, 3.63) is 37.3 Å². The van der Waals surface area contributed by atoms with E-state index < -0.39 is 0 Å². The van der Waals surface area contributed by atoms with Crippen LogP contribution in [0.1, 0.15) is 36.8 Å². The van der Waals surface area contributed by atoms with E-state index in [1.165, 1.54) is 14.1 Å². The fourth-order valence-electron chi connectivity index (χ4n) is 2.11. The number of nitrogens with zero attached hydrogens (tertiary/aromatic N) is 2. The smallest absolute Gasteiger partial charge is 0.0656 e. The Labute approximate surface area is 131 Å². The van der Waals surface area contributed by atoms with E-state index in [4.69, 9.17) is 5.84 Å². The zero-order valence-electron chi connectivity index (χ0n) is 11.2. The van der Waals surface area contributed by atoms with Gasteiger partial charge in [0.15, 0.2) is 0 Å². The molecule has 2 heterocycles. The molecule has 0 aromatic carbocycles. The Bertz CT molecular complexity index is 534. The van der Waals surface area contributed by atoms with Crippen molar-refractivity contribution in [2.24, 2.45) is 5.84 Å². The fourth-order valence-corrected chi connectivity index (χ4v) is 3.54. The van der Waals surface area contributed by atoms with Crippen molar-refractivity contribution >= 4 is 33.9 Å². The quantitative estimate of drug-likeness (QED) is 0.453. The van der Waals surface area contributed by atoms with Gasteiger partial charge in [0.2, 0.25) is 0 Å². The molecule has 2 aromatic rings. The molecule has 0 saturated heterocycles. The third-order valence-corrected chi connectivity index (χ3v) is 4.99. The number of hydrogen-bond acceptors (Lipinski definition) is 4. The monoisotopic (exact) mass is 390 g/mol. The van der Waals surface area contributed by atoms with Gasteiger partial charge in [-0.1, -0.05) is 6.92 Å². The third kappa shape index (κ3) is 3.56. The summed E-state index contributed by atoms with van der Waals surface area (Å²) >= 11 is 4.08. The minimum Gasteiger partial charge on any atom is -0.271 e. The predicted octanol–water partition coefficient (Wildman–Crippen LogP) is 2.88. The minimum atomic E-state index is 0.145. The van der Waals surface area contributed by atoms with Crippen molar-refractivity contribution in [2.45, 2.75) is 39.3 Å². The number of hydrogen-bond donors (Lipinski definition) is 2. The van der Waals surface area contributed by atoms with Crippen LogP contribution in [0.4, 0.5) is 0 Å². The number of halogens is 1. The Morgan fingerprint density at radius 3 is 2.79 bits per heavy atom. The van der Waals surface area contributed by atoms with Crippen molar-refractivity contribution in [2.75, 3.05) is 0 Å². The minimum absolute atomic E-state index is 0.145. The maximum Gasteiger partial charge on any atom is 0.0656 e. The van der Waals surface area contributed by atoms with Gasteiger partial charge in [-0.15, -0.1) is 11.3 Å². The third-order valence-electron chi connectivity index (χ3n) is 3.18. The summed E-state index contributed by atoms with van der Waals surface area (Å²) < 4.78 is 3.35. The molecule has 1 unspecified atom stereocenters. The first-order valence-electron chi connectivity index (χ1n) is 6.43. The lowest BCUT2D eigenvalue weighted by molar-refractivity contribution is 0.517. The van der Waals surface area contributed by atoms with Crippen molar-refractivity contribution in [3.8, 4) is 0 Å². The molecule has 6 heteroatoms. The number of rotatable bonds is 6. The van der Waals surface area contributed by atoms with Crippen LogP contribution in [0.3, 0.4) is 0 Å². The van der Waals surface area contributed by atoms with Crippen LogP contribution in [0.25, 0.3) is 0 Å². The summed E-state index contributed by atoms with van der Waals surface area (Å²) in [5.41, 5.74) is 6.56. The number of hydrazine groups is 1. The average molecular weight is 390 g/mol. The average Bonchev–Trinajstić information content (AvgIpc) is 3.01. The van der Waals surface area contributed by atoms with Gasteiger partial charge in [-0.05, 0) is 59.0 Å². The SMILES string of the molecule is CCc1cc(CC(NN)c2csc(I)c2)n(CC)n1. The number of aryl methyl sites for hydroxylation is 2. The topological polar surface area (TPSA) is 55.9 Å². The molecule has 2 rings (SSSR count). The number of thiophene rings is 1. The Morgan fingerprint density at radius 2 is 2.26 bits per heavy atom. The molecule has 19 heavy (non-hydrogen) atoms. The van der Waals surface area contributed by atoms with Crippen LogP contribution in [0.5, 0.6) is 0 Å². The second-order valence-corrected chi connectivity index (χ2v) is 7.21. The number of nitrogens with one attached hydrogen (secondary N) is 1. The van der Waals surface area contributed by atoms with E-state index in [0.29, 0.717) is 0 Å². The summed E-state index contributed by atoms with van der Waals surface area (Å²) in [6.07, 6.45) is 1.83. The lowest BCUT2D eigenvalue weighted by Gasteiger charge is -2.15. The van der Waals surface area contributed by atoms with Crippen LogP contribution < -0.4 is 11.3 Å². The standard InChI is InChI=1S/C13H19IN4S/c1-3-10-6-11(18(4-2)17-10)7-12(16-15)9-5-13(14)19-8-9/h5-6,8,12,16H,3-4,7,15H2,1-2H3. The second kappa shape index (κ2) is 6.83. The highest BCUT2D eigenvalue weighted by Gasteiger charge is 2.15. The summed E-state index contributed by atoms with van der Waals surface area (Å²) in [5, 5.41) is 6.75. The lowest BCUT2D eigenvalue weighted by atomic mass is 10.1. The van der Waals surface area contributed by atoms with Gasteiger partial charge in [0, 0.05) is 18.7 Å². The van der Waals surface area contributed by atoms with Crippen molar-refractivity contribution in [3.63, 3.8) is 0 Å². The Morgan fingerprint density at radius 1 is 1.47 bits per heavy atom. The Kier molecular flexibility index (Phi) is 5.37. The van der Waals surface area contributed by atoms with Gasteiger partial charge in [-0.3, -0.25) is 16.0 Å². The summed E-state index contributed by atoms with van der Waals surface area (Å²) in [7, 11) is 0. The first-order chi connectivity index (χ1) is 9.17. The van der Waals surface area contributed by atoms with E-state index >= 15 is 0 Å². The maximum absolute atomic E-state index is 5.72. The molecule has 0 bridgehead atoms. The molecule has 2 aromatic heterocycles. The van der Waals surface area contributed by atoms with E-state index in [1.807, 2.05) is 0 Å². The molecule has 0 aliphatic rings. The van der Waals surface area contributed by atoms with Crippen LogP contribution >= 0.6 is 33.9 Å². The first-order valence-corrected chi connectivity index (χ1v) is 8.39. The van der Waals surface area contributed by atoms with Gasteiger partial charge in [-0.25, -0.2) is 0 Å². The van der Waals surface area contributed by atoms with Gasteiger partial charge in [0.05, 0.1) is 14.6 Å². The molecule has 0 aliphatic heterocycles. The van der Waals surface area contributed by atoms with Crippen LogP contribution in [-0.4, -0.2) is 9.78 Å². The highest BCUT2D eigenvalue weighted by molar-refractivity contribution is 14.1. The molecular formula is C13H19IN4S. The summed E-state index contributed by atoms with van der Waals surface area (Å²) in [6, 6.07) is 4.51. The molecular weight excluding hydrogens is 371 g/mol. The van der Waals surface area contributed by atoms with Gasteiger partial charge in [0.1, 0.15) is 0 Å². The van der Waals surface area contributed by atoms with E-state index in [0.717, 1.165) is 25.1 Å². The van der Waals surface area contributed by atoms with E-state index in [1.54, 1.807) is 11.3 Å². The molecule has 0 fully saturated rings. The van der Waals surface area contributed by atoms with E-state index in [9.17, 15) is 0 Å². The first kappa shape index (κ1) is 15.0. The normalized spacial score (nSPS) is 12.8. The Balaban J connectivity index is 2.20. The number of aromatic nitrogens is 2. The van der Waals surface area contributed by atoms with Gasteiger partial charge in [0.25, 0.3) is 0 Å². The van der Waals surface area contributed by atoms with E-state index in [2.05, 4.69) is 69.2 Å². The molecule has 0 radical (unpaired) electrons. The van der Waals surface area contributed by atoms with Crippen LogP contribution in [0, 0.1) is 2.88 Å².